The maximum Gasteiger partial charge on any atom is 0.261 e. The zero-order chi connectivity index (χ0) is 19.4. The highest BCUT2D eigenvalue weighted by Crippen LogP contribution is 2.22. The molecule has 0 fully saturated rings. The second-order valence-corrected chi connectivity index (χ2v) is 6.11. The number of carbonyl (C=O) groups excluding carboxylic acids is 4. The van der Waals surface area contributed by atoms with Crippen molar-refractivity contribution >= 4 is 23.6 Å². The highest BCUT2D eigenvalue weighted by molar-refractivity contribution is 6.21. The van der Waals surface area contributed by atoms with Crippen molar-refractivity contribution in [3.63, 3.8) is 0 Å². The molecule has 1 aliphatic heterocycles. The van der Waals surface area contributed by atoms with E-state index in [4.69, 9.17) is 0 Å². The van der Waals surface area contributed by atoms with Crippen molar-refractivity contribution in [2.24, 2.45) is 0 Å². The summed E-state index contributed by atoms with van der Waals surface area (Å²) in [6.45, 7) is 0.280. The van der Waals surface area contributed by atoms with Crippen molar-refractivity contribution < 1.29 is 19.2 Å². The zero-order valence-corrected chi connectivity index (χ0v) is 14.8. The van der Waals surface area contributed by atoms with Crippen LogP contribution in [0.4, 0.5) is 0 Å². The van der Waals surface area contributed by atoms with E-state index in [1.54, 1.807) is 55.6 Å². The number of hydrogen-bond donors (Lipinski definition) is 2. The summed E-state index contributed by atoms with van der Waals surface area (Å²) < 4.78 is 0. The van der Waals surface area contributed by atoms with Gasteiger partial charge in [0.1, 0.15) is 0 Å². The fraction of sp³-hybridized carbons (Fsp3) is 0.200. The van der Waals surface area contributed by atoms with E-state index in [0.29, 0.717) is 16.7 Å². The molecule has 0 unspecified atom stereocenters. The normalized spacial score (nSPS) is 12.7. The molecule has 7 heteroatoms. The molecule has 2 aromatic carbocycles. The zero-order valence-electron chi connectivity index (χ0n) is 14.8. The van der Waals surface area contributed by atoms with Crippen molar-refractivity contribution in [2.45, 2.75) is 13.0 Å². The van der Waals surface area contributed by atoms with Crippen LogP contribution in [0, 0.1) is 0 Å². The highest BCUT2D eigenvalue weighted by Gasteiger charge is 2.34. The summed E-state index contributed by atoms with van der Waals surface area (Å²) in [5.41, 5.74) is 2.03. The molecule has 3 rings (SSSR count). The topological polar surface area (TPSA) is 95.6 Å². The highest BCUT2D eigenvalue weighted by atomic mass is 16.2. The van der Waals surface area contributed by atoms with Crippen LogP contribution in [0.1, 0.15) is 43.1 Å². The molecular weight excluding hydrogens is 346 g/mol. The largest absolute Gasteiger partial charge is 0.355 e. The molecule has 2 aromatic rings. The molecule has 2 N–H and O–H groups in total. The minimum Gasteiger partial charge on any atom is -0.355 e. The van der Waals surface area contributed by atoms with E-state index in [1.165, 1.54) is 0 Å². The van der Waals surface area contributed by atoms with Crippen LogP contribution in [0.15, 0.2) is 48.5 Å². The van der Waals surface area contributed by atoms with E-state index in [2.05, 4.69) is 10.6 Å². The number of hydrogen-bond acceptors (Lipinski definition) is 4. The van der Waals surface area contributed by atoms with Crippen molar-refractivity contribution in [3.05, 3.63) is 70.8 Å². The van der Waals surface area contributed by atoms with Crippen molar-refractivity contribution in [1.29, 1.82) is 0 Å². The summed E-state index contributed by atoms with van der Waals surface area (Å²) in [4.78, 5) is 49.4. The molecule has 0 aromatic heterocycles. The Balaban J connectivity index is 1.53. The first kappa shape index (κ1) is 18.3. The molecule has 0 radical (unpaired) electrons. The maximum atomic E-state index is 12.3. The van der Waals surface area contributed by atoms with Crippen LogP contribution in [0.2, 0.25) is 0 Å². The lowest BCUT2D eigenvalue weighted by Gasteiger charge is -2.13. The van der Waals surface area contributed by atoms with Crippen molar-refractivity contribution in [2.75, 3.05) is 13.6 Å². The summed E-state index contributed by atoms with van der Waals surface area (Å²) >= 11 is 0. The number of benzene rings is 2. The number of fused-ring (bicyclic) bond motifs is 1. The van der Waals surface area contributed by atoms with Crippen molar-refractivity contribution in [3.8, 4) is 0 Å². The van der Waals surface area contributed by atoms with Gasteiger partial charge in [0.05, 0.1) is 11.1 Å². The molecule has 0 spiro atoms. The van der Waals surface area contributed by atoms with E-state index >= 15 is 0 Å². The van der Waals surface area contributed by atoms with Crippen molar-refractivity contribution in [1.82, 2.24) is 15.5 Å². The van der Waals surface area contributed by atoms with Gasteiger partial charge in [0.2, 0.25) is 5.91 Å². The second-order valence-electron chi connectivity index (χ2n) is 6.11. The van der Waals surface area contributed by atoms with Crippen LogP contribution in [0.25, 0.3) is 0 Å². The third-order valence-electron chi connectivity index (χ3n) is 4.35. The van der Waals surface area contributed by atoms with E-state index in [9.17, 15) is 19.2 Å². The minimum atomic E-state index is -0.373. The summed E-state index contributed by atoms with van der Waals surface area (Å²) in [5.74, 6) is -1.23. The minimum absolute atomic E-state index is 0.0145. The van der Waals surface area contributed by atoms with Gasteiger partial charge in [-0.05, 0) is 29.8 Å². The molecule has 1 heterocycles. The number of carbonyl (C=O) groups is 4. The Labute approximate surface area is 156 Å². The van der Waals surface area contributed by atoms with Crippen LogP contribution >= 0.6 is 0 Å². The number of imide groups is 1. The Bertz CT molecular complexity index is 888. The number of rotatable bonds is 6. The first-order valence-corrected chi connectivity index (χ1v) is 8.54. The Kier molecular flexibility index (Phi) is 5.30. The quantitative estimate of drug-likeness (QED) is 0.756. The molecule has 0 saturated heterocycles. The maximum absolute atomic E-state index is 12.3. The van der Waals surface area contributed by atoms with Gasteiger partial charge in [0.15, 0.2) is 0 Å². The van der Waals surface area contributed by atoms with Crippen LogP contribution in [0.3, 0.4) is 0 Å². The smallest absolute Gasteiger partial charge is 0.261 e. The van der Waals surface area contributed by atoms with Gasteiger partial charge in [-0.3, -0.25) is 24.1 Å². The van der Waals surface area contributed by atoms with E-state index in [1.807, 2.05) is 0 Å². The average molecular weight is 365 g/mol. The summed E-state index contributed by atoms with van der Waals surface area (Å²) in [6, 6.07) is 13.5. The molecule has 0 aliphatic carbocycles. The molecule has 4 amide bonds. The van der Waals surface area contributed by atoms with Gasteiger partial charge in [-0.15, -0.1) is 0 Å². The first-order valence-electron chi connectivity index (χ1n) is 8.54. The summed E-state index contributed by atoms with van der Waals surface area (Å²) in [7, 11) is 1.55. The molecule has 0 atom stereocenters. The Morgan fingerprint density at radius 1 is 0.963 bits per heavy atom. The number of nitrogens with zero attached hydrogens (tertiary/aromatic N) is 1. The summed E-state index contributed by atoms with van der Waals surface area (Å²) in [6.07, 6.45) is 0.0145. The third-order valence-corrected chi connectivity index (χ3v) is 4.35. The van der Waals surface area contributed by atoms with E-state index in [0.717, 1.165) is 10.5 Å². The van der Waals surface area contributed by atoms with Gasteiger partial charge < -0.3 is 10.6 Å². The molecular formula is C20H19N3O4. The van der Waals surface area contributed by atoms with E-state index < -0.39 is 0 Å². The molecule has 1 aliphatic rings. The predicted octanol–water partition coefficient (Wildman–Crippen LogP) is 1.35. The van der Waals surface area contributed by atoms with Gasteiger partial charge in [-0.1, -0.05) is 24.3 Å². The Morgan fingerprint density at radius 3 is 2.26 bits per heavy atom. The summed E-state index contributed by atoms with van der Waals surface area (Å²) in [5, 5.41) is 5.28. The lowest BCUT2D eigenvalue weighted by atomic mass is 10.1. The monoisotopic (exact) mass is 365 g/mol. The number of nitrogens with one attached hydrogen (secondary N) is 2. The lowest BCUT2D eigenvalue weighted by Crippen LogP contribution is -2.34. The SMILES string of the molecule is CNC(=O)c1cccc(CNC(=O)CCN2C(=O)c3ccccc3C2=O)c1. The van der Waals surface area contributed by atoms with Crippen LogP contribution in [0.5, 0.6) is 0 Å². The molecule has 0 saturated carbocycles. The molecule has 0 bridgehead atoms. The van der Waals surface area contributed by atoms with Gasteiger partial charge in [-0.25, -0.2) is 0 Å². The van der Waals surface area contributed by atoms with Gasteiger partial charge >= 0.3 is 0 Å². The van der Waals surface area contributed by atoms with Crippen LogP contribution in [-0.4, -0.2) is 42.1 Å². The second kappa shape index (κ2) is 7.82. The Hall–Kier alpha value is -3.48. The standard InChI is InChI=1S/C20H19N3O4/c1-21-18(25)14-6-4-5-13(11-14)12-22-17(24)9-10-23-19(26)15-7-2-3-8-16(15)20(23)27/h2-8,11H,9-10,12H2,1H3,(H,21,25)(H,22,24). The van der Waals surface area contributed by atoms with Gasteiger partial charge in [0.25, 0.3) is 17.7 Å². The lowest BCUT2D eigenvalue weighted by molar-refractivity contribution is -0.121. The number of amides is 4. The van der Waals surface area contributed by atoms with Crippen LogP contribution in [-0.2, 0) is 11.3 Å². The van der Waals surface area contributed by atoms with Gasteiger partial charge in [-0.2, -0.15) is 0 Å². The first-order chi connectivity index (χ1) is 13.0. The fourth-order valence-corrected chi connectivity index (χ4v) is 2.91. The molecule has 27 heavy (non-hydrogen) atoms. The van der Waals surface area contributed by atoms with Crippen LogP contribution < -0.4 is 10.6 Å². The van der Waals surface area contributed by atoms with E-state index in [-0.39, 0.29) is 43.1 Å². The average Bonchev–Trinajstić information content (AvgIpc) is 2.95. The molecule has 138 valence electrons. The molecule has 7 nitrogen and oxygen atoms in total. The predicted molar refractivity (Wildman–Crippen MR) is 98.1 cm³/mol. The van der Waals surface area contributed by atoms with Gasteiger partial charge in [0, 0.05) is 32.1 Å². The Morgan fingerprint density at radius 2 is 1.63 bits per heavy atom. The fourth-order valence-electron chi connectivity index (χ4n) is 2.91. The third kappa shape index (κ3) is 3.87.